The van der Waals surface area contributed by atoms with Crippen LogP contribution in [0.25, 0.3) is 0 Å². The van der Waals surface area contributed by atoms with E-state index in [4.69, 9.17) is 4.74 Å². The molecule has 2 saturated heterocycles. The molecule has 2 aliphatic rings. The Labute approximate surface area is 159 Å². The van der Waals surface area contributed by atoms with Crippen molar-refractivity contribution in [1.29, 1.82) is 0 Å². The van der Waals surface area contributed by atoms with Crippen molar-refractivity contribution in [2.24, 2.45) is 0 Å². The molecule has 1 amide bonds. The van der Waals surface area contributed by atoms with E-state index in [0.29, 0.717) is 24.9 Å². The minimum absolute atomic E-state index is 0.219. The van der Waals surface area contributed by atoms with E-state index in [9.17, 15) is 4.79 Å². The molecule has 0 saturated carbocycles. The summed E-state index contributed by atoms with van der Waals surface area (Å²) in [6.45, 7) is 6.88. The van der Waals surface area contributed by atoms with Crippen LogP contribution in [-0.4, -0.2) is 55.3 Å². The van der Waals surface area contributed by atoms with Gasteiger partial charge in [0, 0.05) is 43.2 Å². The third kappa shape index (κ3) is 4.19. The fourth-order valence-electron chi connectivity index (χ4n) is 3.50. The van der Waals surface area contributed by atoms with E-state index in [0.717, 1.165) is 37.6 Å². The Bertz CT molecular complexity index is 797. The number of aromatic nitrogens is 2. The van der Waals surface area contributed by atoms with Crippen molar-refractivity contribution >= 4 is 23.2 Å². The minimum Gasteiger partial charge on any atom is -0.378 e. The maximum Gasteiger partial charge on any atom is 0.274 e. The molecule has 7 heteroatoms. The largest absolute Gasteiger partial charge is 0.378 e. The van der Waals surface area contributed by atoms with E-state index in [2.05, 4.69) is 37.2 Å². The standard InChI is InChI=1S/C20H25N5O2/c1-15-14-18(23-20(21-15)25-10-12-27-13-11-25)19(26)22-16-4-6-17(7-5-16)24-8-2-3-9-24/h4-7,14H,2-3,8-13H2,1H3,(H,22,26). The van der Waals surface area contributed by atoms with Gasteiger partial charge in [-0.15, -0.1) is 0 Å². The van der Waals surface area contributed by atoms with Crippen molar-refractivity contribution in [1.82, 2.24) is 9.97 Å². The van der Waals surface area contributed by atoms with Crippen LogP contribution in [0.3, 0.4) is 0 Å². The molecule has 4 rings (SSSR count). The van der Waals surface area contributed by atoms with Gasteiger partial charge in [-0.25, -0.2) is 9.97 Å². The second kappa shape index (κ2) is 7.92. The predicted octanol–water partition coefficient (Wildman–Crippen LogP) is 2.47. The number of hydrogen-bond donors (Lipinski definition) is 1. The number of amides is 1. The molecular weight excluding hydrogens is 342 g/mol. The Balaban J connectivity index is 1.46. The zero-order chi connectivity index (χ0) is 18.6. The van der Waals surface area contributed by atoms with Crippen LogP contribution >= 0.6 is 0 Å². The normalized spacial score (nSPS) is 17.2. The number of rotatable bonds is 4. The molecule has 1 aromatic heterocycles. The third-order valence-corrected chi connectivity index (χ3v) is 4.97. The van der Waals surface area contributed by atoms with Crippen molar-refractivity contribution in [3.63, 3.8) is 0 Å². The molecule has 27 heavy (non-hydrogen) atoms. The Morgan fingerprint density at radius 3 is 2.41 bits per heavy atom. The molecule has 2 fully saturated rings. The average molecular weight is 367 g/mol. The van der Waals surface area contributed by atoms with Gasteiger partial charge in [-0.2, -0.15) is 0 Å². The van der Waals surface area contributed by atoms with Crippen molar-refractivity contribution in [2.75, 3.05) is 54.5 Å². The Hall–Kier alpha value is -2.67. The number of aryl methyl sites for hydroxylation is 1. The quantitative estimate of drug-likeness (QED) is 0.895. The number of carbonyl (C=O) groups excluding carboxylic acids is 1. The van der Waals surface area contributed by atoms with Crippen molar-refractivity contribution in [3.8, 4) is 0 Å². The van der Waals surface area contributed by atoms with Crippen LogP contribution in [0.15, 0.2) is 30.3 Å². The van der Waals surface area contributed by atoms with E-state index in [1.165, 1.54) is 18.5 Å². The van der Waals surface area contributed by atoms with Gasteiger partial charge in [0.2, 0.25) is 5.95 Å². The molecule has 0 radical (unpaired) electrons. The first kappa shape index (κ1) is 17.7. The second-order valence-electron chi connectivity index (χ2n) is 6.99. The molecule has 7 nitrogen and oxygen atoms in total. The maximum atomic E-state index is 12.7. The van der Waals surface area contributed by atoms with Crippen LogP contribution in [0.2, 0.25) is 0 Å². The van der Waals surface area contributed by atoms with E-state index in [-0.39, 0.29) is 5.91 Å². The van der Waals surface area contributed by atoms with Crippen LogP contribution in [-0.2, 0) is 4.74 Å². The molecule has 0 unspecified atom stereocenters. The molecule has 2 aliphatic heterocycles. The minimum atomic E-state index is -0.219. The maximum absolute atomic E-state index is 12.7. The number of anilines is 3. The first-order chi connectivity index (χ1) is 13.2. The summed E-state index contributed by atoms with van der Waals surface area (Å²) in [7, 11) is 0. The average Bonchev–Trinajstić information content (AvgIpc) is 3.23. The lowest BCUT2D eigenvalue weighted by atomic mass is 10.2. The van der Waals surface area contributed by atoms with Crippen LogP contribution in [0, 0.1) is 6.92 Å². The number of morpholine rings is 1. The SMILES string of the molecule is Cc1cc(C(=O)Nc2ccc(N3CCCC3)cc2)nc(N2CCOCC2)n1. The van der Waals surface area contributed by atoms with Gasteiger partial charge in [0.25, 0.3) is 5.91 Å². The lowest BCUT2D eigenvalue weighted by molar-refractivity contribution is 0.102. The highest BCUT2D eigenvalue weighted by molar-refractivity contribution is 6.03. The van der Waals surface area contributed by atoms with E-state index >= 15 is 0 Å². The van der Waals surface area contributed by atoms with Gasteiger partial charge in [0.15, 0.2) is 0 Å². The number of carbonyl (C=O) groups is 1. The highest BCUT2D eigenvalue weighted by Gasteiger charge is 2.18. The third-order valence-electron chi connectivity index (χ3n) is 4.97. The molecule has 0 aliphatic carbocycles. The Morgan fingerprint density at radius 1 is 1.00 bits per heavy atom. The summed E-state index contributed by atoms with van der Waals surface area (Å²) in [5.41, 5.74) is 3.14. The molecule has 1 N–H and O–H groups in total. The smallest absolute Gasteiger partial charge is 0.274 e. The van der Waals surface area contributed by atoms with Crippen LogP contribution in [0.4, 0.5) is 17.3 Å². The van der Waals surface area contributed by atoms with Crippen LogP contribution in [0.5, 0.6) is 0 Å². The van der Waals surface area contributed by atoms with Gasteiger partial charge < -0.3 is 19.9 Å². The molecule has 3 heterocycles. The molecule has 2 aromatic rings. The fourth-order valence-corrected chi connectivity index (χ4v) is 3.50. The number of nitrogens with zero attached hydrogens (tertiary/aromatic N) is 4. The van der Waals surface area contributed by atoms with Gasteiger partial charge >= 0.3 is 0 Å². The fraction of sp³-hybridized carbons (Fsp3) is 0.450. The topological polar surface area (TPSA) is 70.6 Å². The Kier molecular flexibility index (Phi) is 5.20. The van der Waals surface area contributed by atoms with E-state index < -0.39 is 0 Å². The highest BCUT2D eigenvalue weighted by atomic mass is 16.5. The summed E-state index contributed by atoms with van der Waals surface area (Å²) in [6.07, 6.45) is 2.49. The number of benzene rings is 1. The summed E-state index contributed by atoms with van der Waals surface area (Å²) in [5.74, 6) is 0.372. The molecule has 0 bridgehead atoms. The number of nitrogens with one attached hydrogen (secondary N) is 1. The number of ether oxygens (including phenoxy) is 1. The summed E-state index contributed by atoms with van der Waals surface area (Å²) in [6, 6.07) is 9.74. The molecular formula is C20H25N5O2. The van der Waals surface area contributed by atoms with Crippen LogP contribution < -0.4 is 15.1 Å². The summed E-state index contributed by atoms with van der Waals surface area (Å²) >= 11 is 0. The molecule has 1 aromatic carbocycles. The van der Waals surface area contributed by atoms with Crippen LogP contribution in [0.1, 0.15) is 29.0 Å². The van der Waals surface area contributed by atoms with Crippen molar-refractivity contribution in [2.45, 2.75) is 19.8 Å². The second-order valence-corrected chi connectivity index (χ2v) is 6.99. The first-order valence-electron chi connectivity index (χ1n) is 9.54. The van der Waals surface area contributed by atoms with Gasteiger partial charge in [-0.3, -0.25) is 4.79 Å². The summed E-state index contributed by atoms with van der Waals surface area (Å²) in [4.78, 5) is 26.1. The highest BCUT2D eigenvalue weighted by Crippen LogP contribution is 2.22. The predicted molar refractivity (Wildman–Crippen MR) is 106 cm³/mol. The van der Waals surface area contributed by atoms with Gasteiger partial charge in [0.05, 0.1) is 13.2 Å². The summed E-state index contributed by atoms with van der Waals surface area (Å²) in [5, 5.41) is 2.94. The van der Waals surface area contributed by atoms with Gasteiger partial charge in [0.1, 0.15) is 5.69 Å². The number of hydrogen-bond acceptors (Lipinski definition) is 6. The van der Waals surface area contributed by atoms with E-state index in [1.807, 2.05) is 19.1 Å². The monoisotopic (exact) mass is 367 g/mol. The Morgan fingerprint density at radius 2 is 1.70 bits per heavy atom. The zero-order valence-electron chi connectivity index (χ0n) is 15.6. The van der Waals surface area contributed by atoms with Crippen molar-refractivity contribution in [3.05, 3.63) is 41.7 Å². The zero-order valence-corrected chi connectivity index (χ0v) is 15.6. The van der Waals surface area contributed by atoms with Gasteiger partial charge in [-0.05, 0) is 50.1 Å². The lowest BCUT2D eigenvalue weighted by Crippen LogP contribution is -2.37. The van der Waals surface area contributed by atoms with Gasteiger partial charge in [-0.1, -0.05) is 0 Å². The van der Waals surface area contributed by atoms with E-state index in [1.54, 1.807) is 6.07 Å². The molecule has 0 atom stereocenters. The summed E-state index contributed by atoms with van der Waals surface area (Å²) < 4.78 is 5.37. The molecule has 0 spiro atoms. The first-order valence-corrected chi connectivity index (χ1v) is 9.54. The van der Waals surface area contributed by atoms with Crippen molar-refractivity contribution < 1.29 is 9.53 Å². The lowest BCUT2D eigenvalue weighted by Gasteiger charge is -2.27. The molecule has 142 valence electrons.